The van der Waals surface area contributed by atoms with E-state index in [0.717, 1.165) is 27.5 Å². The summed E-state index contributed by atoms with van der Waals surface area (Å²) < 4.78 is 10.8. The predicted octanol–water partition coefficient (Wildman–Crippen LogP) is 1.44. The van der Waals surface area contributed by atoms with Crippen molar-refractivity contribution in [2.24, 2.45) is 5.41 Å². The van der Waals surface area contributed by atoms with Gasteiger partial charge >= 0.3 is 35.7 Å². The summed E-state index contributed by atoms with van der Waals surface area (Å²) in [5.74, 6) is 5.13. The second kappa shape index (κ2) is 10.6. The van der Waals surface area contributed by atoms with Gasteiger partial charge in [-0.2, -0.15) is 0 Å². The summed E-state index contributed by atoms with van der Waals surface area (Å²) in [6.45, 7) is 1.89. The van der Waals surface area contributed by atoms with Crippen molar-refractivity contribution >= 4 is 28.5 Å². The third kappa shape index (κ3) is 5.47. The van der Waals surface area contributed by atoms with Gasteiger partial charge in [-0.3, -0.25) is 5.32 Å². The molecule has 3 aromatic carbocycles. The maximum absolute atomic E-state index is 12.4. The zero-order chi connectivity index (χ0) is 24.4. The number of ether oxygens (including phenoxy) is 1. The molecule has 1 N–H and O–H groups in total. The van der Waals surface area contributed by atoms with Gasteiger partial charge in [-0.1, -0.05) is 65.5 Å². The Bertz CT molecular complexity index is 1500. The number of nitrogens with one attached hydrogen (secondary N) is 1. The van der Waals surface area contributed by atoms with Crippen molar-refractivity contribution in [3.8, 4) is 23.2 Å². The molecule has 0 bridgehead atoms. The Morgan fingerprint density at radius 2 is 1.81 bits per heavy atom. The first-order valence-electron chi connectivity index (χ1n) is 11.2. The average Bonchev–Trinajstić information content (AvgIpc) is 3.59. The fraction of sp³-hybridized carbons (Fsp3) is 0.179. The first kappa shape index (κ1) is 25.5. The van der Waals surface area contributed by atoms with Gasteiger partial charge in [0.2, 0.25) is 0 Å². The minimum absolute atomic E-state index is 0. The SMILES string of the molecule is Cc1noc(-c2ccc3cc(C#CC4(C(=O)[O-])CC4)ccc3c2)c1NC(=O)OCc1ccccc1.[Na+]. The molecule has 0 unspecified atom stereocenters. The predicted molar refractivity (Wildman–Crippen MR) is 128 cm³/mol. The van der Waals surface area contributed by atoms with Gasteiger partial charge in [-0.15, -0.1) is 0 Å². The number of aromatic nitrogens is 1. The fourth-order valence-electron chi connectivity index (χ4n) is 3.74. The van der Waals surface area contributed by atoms with Crippen LogP contribution in [0.15, 0.2) is 71.3 Å². The monoisotopic (exact) mass is 488 g/mol. The molecule has 1 aliphatic carbocycles. The fourth-order valence-corrected chi connectivity index (χ4v) is 3.74. The third-order valence-electron chi connectivity index (χ3n) is 5.99. The number of nitrogens with zero attached hydrogens (tertiary/aromatic N) is 1. The topological polar surface area (TPSA) is 104 Å². The molecule has 0 aliphatic heterocycles. The van der Waals surface area contributed by atoms with Crippen molar-refractivity contribution in [2.45, 2.75) is 26.4 Å². The number of carbonyl (C=O) groups is 2. The van der Waals surface area contributed by atoms with E-state index in [1.165, 1.54) is 0 Å². The molecule has 1 amide bonds. The Morgan fingerprint density at radius 3 is 2.53 bits per heavy atom. The second-order valence-corrected chi connectivity index (χ2v) is 8.56. The number of hydrogen-bond acceptors (Lipinski definition) is 6. The van der Waals surface area contributed by atoms with Crippen LogP contribution < -0.4 is 40.0 Å². The molecular weight excluding hydrogens is 467 g/mol. The van der Waals surface area contributed by atoms with Gasteiger partial charge in [0.25, 0.3) is 0 Å². The average molecular weight is 488 g/mol. The normalized spacial score (nSPS) is 13.1. The molecule has 5 rings (SSSR count). The van der Waals surface area contributed by atoms with Gasteiger partial charge in [-0.25, -0.2) is 4.79 Å². The molecule has 0 radical (unpaired) electrons. The minimum atomic E-state index is -1.11. The van der Waals surface area contributed by atoms with Gasteiger partial charge in [0.05, 0.1) is 11.4 Å². The number of carboxylic acids is 1. The van der Waals surface area contributed by atoms with E-state index in [1.54, 1.807) is 6.92 Å². The van der Waals surface area contributed by atoms with E-state index in [0.29, 0.717) is 30.0 Å². The molecule has 0 spiro atoms. The third-order valence-corrected chi connectivity index (χ3v) is 5.99. The summed E-state index contributed by atoms with van der Waals surface area (Å²) >= 11 is 0. The van der Waals surface area contributed by atoms with E-state index in [1.807, 2.05) is 66.7 Å². The van der Waals surface area contributed by atoms with E-state index >= 15 is 0 Å². The number of carboxylic acid groups (broad SMARTS) is 1. The van der Waals surface area contributed by atoms with Crippen molar-refractivity contribution in [2.75, 3.05) is 5.32 Å². The molecule has 174 valence electrons. The van der Waals surface area contributed by atoms with Crippen LogP contribution in [-0.2, 0) is 16.1 Å². The molecule has 1 fully saturated rings. The van der Waals surface area contributed by atoms with Crippen LogP contribution in [0.1, 0.15) is 29.7 Å². The quantitative estimate of drug-likeness (QED) is 0.337. The summed E-state index contributed by atoms with van der Waals surface area (Å²) in [5.41, 5.74) is 2.34. The summed E-state index contributed by atoms with van der Waals surface area (Å²) in [4.78, 5) is 23.6. The number of amides is 1. The number of rotatable bonds is 5. The van der Waals surface area contributed by atoms with Crippen LogP contribution in [0.25, 0.3) is 22.1 Å². The number of aryl methyl sites for hydroxylation is 1. The van der Waals surface area contributed by atoms with E-state index in [9.17, 15) is 14.7 Å². The van der Waals surface area contributed by atoms with E-state index in [2.05, 4.69) is 22.3 Å². The van der Waals surface area contributed by atoms with E-state index in [4.69, 9.17) is 9.26 Å². The van der Waals surface area contributed by atoms with Crippen molar-refractivity contribution in [1.29, 1.82) is 0 Å². The molecule has 4 aromatic rings. The zero-order valence-corrected chi connectivity index (χ0v) is 22.0. The molecule has 1 heterocycles. The van der Waals surface area contributed by atoms with Crippen molar-refractivity contribution < 1.29 is 53.5 Å². The summed E-state index contributed by atoms with van der Waals surface area (Å²) in [7, 11) is 0. The van der Waals surface area contributed by atoms with Gasteiger partial charge in [0, 0.05) is 11.1 Å². The molecular formula is C28H21N2NaO5. The Kier molecular flexibility index (Phi) is 7.51. The Labute approximate surface area is 230 Å². The first-order chi connectivity index (χ1) is 16.9. The summed E-state index contributed by atoms with van der Waals surface area (Å²) in [6.07, 6.45) is 0.466. The number of anilines is 1. The Hall–Kier alpha value is -3.57. The molecule has 8 heteroatoms. The number of benzene rings is 3. The summed E-state index contributed by atoms with van der Waals surface area (Å²) in [5, 5.41) is 19.8. The van der Waals surface area contributed by atoms with Crippen LogP contribution in [0.2, 0.25) is 0 Å². The van der Waals surface area contributed by atoms with Gasteiger partial charge < -0.3 is 19.2 Å². The molecule has 7 nitrogen and oxygen atoms in total. The number of fused-ring (bicyclic) bond motifs is 1. The molecule has 0 atom stereocenters. The second-order valence-electron chi connectivity index (χ2n) is 8.56. The van der Waals surface area contributed by atoms with Crippen LogP contribution in [-0.4, -0.2) is 17.2 Å². The number of hydrogen-bond donors (Lipinski definition) is 1. The van der Waals surface area contributed by atoms with Gasteiger partial charge in [0.1, 0.15) is 18.0 Å². The van der Waals surface area contributed by atoms with E-state index < -0.39 is 17.5 Å². The van der Waals surface area contributed by atoms with Crippen LogP contribution in [0, 0.1) is 24.2 Å². The van der Waals surface area contributed by atoms with Crippen molar-refractivity contribution in [3.05, 3.63) is 83.6 Å². The maximum Gasteiger partial charge on any atom is 1.00 e. The smallest absolute Gasteiger partial charge is 0.548 e. The van der Waals surface area contributed by atoms with Crippen molar-refractivity contribution in [3.63, 3.8) is 0 Å². The summed E-state index contributed by atoms with van der Waals surface area (Å²) in [6, 6.07) is 20.8. The number of aliphatic carboxylic acids is 1. The molecule has 1 saturated carbocycles. The van der Waals surface area contributed by atoms with E-state index in [-0.39, 0.29) is 36.2 Å². The number of carbonyl (C=O) groups excluding carboxylic acids is 2. The maximum atomic E-state index is 12.4. The standard InChI is InChI=1S/C28H22N2O5.Na/c1-18-24(29-27(33)34-17-20-5-3-2-4-6-20)25(35-30-18)23-10-9-21-15-19(7-8-22(21)16-23)11-12-28(13-14-28)26(31)32;/h2-10,15-16H,13-14,17H2,1H3,(H,29,33)(H,31,32);/q;+1/p-1. The largest absolute Gasteiger partial charge is 1.00 e. The zero-order valence-electron chi connectivity index (χ0n) is 20.0. The molecule has 36 heavy (non-hydrogen) atoms. The molecule has 0 saturated heterocycles. The van der Waals surface area contributed by atoms with Crippen molar-refractivity contribution in [1.82, 2.24) is 5.16 Å². The molecule has 1 aromatic heterocycles. The van der Waals surface area contributed by atoms with Crippen LogP contribution in [0.5, 0.6) is 0 Å². The van der Waals surface area contributed by atoms with Gasteiger partial charge in [-0.05, 0) is 54.3 Å². The van der Waals surface area contributed by atoms with Crippen LogP contribution in [0.4, 0.5) is 10.5 Å². The Balaban J connectivity index is 0.00000304. The first-order valence-corrected chi connectivity index (χ1v) is 11.2. The minimum Gasteiger partial charge on any atom is -0.548 e. The van der Waals surface area contributed by atoms with Crippen LogP contribution in [0.3, 0.4) is 0 Å². The Morgan fingerprint density at radius 1 is 1.08 bits per heavy atom. The van der Waals surface area contributed by atoms with Gasteiger partial charge in [0.15, 0.2) is 5.76 Å². The van der Waals surface area contributed by atoms with Crippen LogP contribution >= 0.6 is 0 Å². The molecule has 1 aliphatic rings.